The smallest absolute Gasteiger partial charge is 0.323 e. The van der Waals surface area contributed by atoms with Crippen LogP contribution in [-0.2, 0) is 32.1 Å². The molecule has 1 aromatic heterocycles. The van der Waals surface area contributed by atoms with Gasteiger partial charge in [-0.1, -0.05) is 61.4 Å². The third kappa shape index (κ3) is 7.82. The Morgan fingerprint density at radius 1 is 0.914 bits per heavy atom. The van der Waals surface area contributed by atoms with Crippen LogP contribution in [0.4, 0.5) is 0 Å². The van der Waals surface area contributed by atoms with Crippen molar-refractivity contribution in [3.63, 3.8) is 0 Å². The molecule has 2 atom stereocenters. The van der Waals surface area contributed by atoms with E-state index in [-0.39, 0.29) is 18.9 Å². The van der Waals surface area contributed by atoms with E-state index in [0.717, 1.165) is 28.0 Å². The lowest BCUT2D eigenvalue weighted by molar-refractivity contribution is -0.149. The second kappa shape index (κ2) is 12.4. The first-order chi connectivity index (χ1) is 16.7. The monoisotopic (exact) mass is 477 g/mol. The molecular formula is C29H35NO5. The molecule has 0 radical (unpaired) electrons. The number of hydrogen-bond acceptors (Lipinski definition) is 6. The fraction of sp³-hybridized carbons (Fsp3) is 0.379. The molecule has 1 heterocycles. The van der Waals surface area contributed by atoms with Crippen molar-refractivity contribution in [3.05, 3.63) is 83.1 Å². The summed E-state index contributed by atoms with van der Waals surface area (Å²) in [5.74, 6) is 0.722. The summed E-state index contributed by atoms with van der Waals surface area (Å²) >= 11 is 0. The zero-order valence-electron chi connectivity index (χ0n) is 21.2. The van der Waals surface area contributed by atoms with Crippen LogP contribution in [0.5, 0.6) is 0 Å². The van der Waals surface area contributed by atoms with E-state index in [0.29, 0.717) is 12.2 Å². The van der Waals surface area contributed by atoms with Gasteiger partial charge in [-0.15, -0.1) is 0 Å². The summed E-state index contributed by atoms with van der Waals surface area (Å²) in [6, 6.07) is 18.1. The number of carbonyl (C=O) groups is 2. The Morgan fingerprint density at radius 3 is 2.23 bits per heavy atom. The standard InChI is InChI=1S/C29H35NO5/c1-19(2)13-25(29(32)34-18-22-9-7-6-8-10-22)30-26(28(31)33-5)17-24-11-12-27(35-24)23-15-20(3)14-21(4)16-23/h6-12,14-16,19,25-26,30H,13,17-18H2,1-5H3/t25-,26?/m0/s1. The second-order valence-electron chi connectivity index (χ2n) is 9.36. The van der Waals surface area contributed by atoms with E-state index >= 15 is 0 Å². The average molecular weight is 478 g/mol. The average Bonchev–Trinajstić information content (AvgIpc) is 3.29. The zero-order valence-corrected chi connectivity index (χ0v) is 21.2. The molecule has 0 aliphatic carbocycles. The van der Waals surface area contributed by atoms with Gasteiger partial charge in [0.1, 0.15) is 30.2 Å². The number of carbonyl (C=O) groups excluding carboxylic acids is 2. The van der Waals surface area contributed by atoms with Crippen LogP contribution in [-0.4, -0.2) is 31.1 Å². The molecule has 3 rings (SSSR count). The molecule has 1 unspecified atom stereocenters. The molecule has 6 nitrogen and oxygen atoms in total. The van der Waals surface area contributed by atoms with E-state index in [4.69, 9.17) is 13.9 Å². The van der Waals surface area contributed by atoms with Gasteiger partial charge in [-0.3, -0.25) is 14.9 Å². The van der Waals surface area contributed by atoms with E-state index in [2.05, 4.69) is 23.5 Å². The van der Waals surface area contributed by atoms with Crippen molar-refractivity contribution in [3.8, 4) is 11.3 Å². The second-order valence-corrected chi connectivity index (χ2v) is 9.36. The van der Waals surface area contributed by atoms with Crippen molar-refractivity contribution < 1.29 is 23.5 Å². The van der Waals surface area contributed by atoms with Crippen LogP contribution in [0.3, 0.4) is 0 Å². The van der Waals surface area contributed by atoms with Gasteiger partial charge in [0.15, 0.2) is 0 Å². The van der Waals surface area contributed by atoms with Gasteiger partial charge in [0, 0.05) is 12.0 Å². The van der Waals surface area contributed by atoms with E-state index in [9.17, 15) is 9.59 Å². The molecule has 0 fully saturated rings. The number of ether oxygens (including phenoxy) is 2. The summed E-state index contributed by atoms with van der Waals surface area (Å²) in [5, 5.41) is 3.18. The first kappa shape index (κ1) is 26.2. The van der Waals surface area contributed by atoms with E-state index < -0.39 is 24.0 Å². The third-order valence-electron chi connectivity index (χ3n) is 5.68. The van der Waals surface area contributed by atoms with Gasteiger partial charge in [-0.2, -0.15) is 0 Å². The van der Waals surface area contributed by atoms with E-state index in [1.807, 2.05) is 70.2 Å². The third-order valence-corrected chi connectivity index (χ3v) is 5.68. The summed E-state index contributed by atoms with van der Waals surface area (Å²) in [6.07, 6.45) is 0.769. The fourth-order valence-corrected chi connectivity index (χ4v) is 4.09. The van der Waals surface area contributed by atoms with E-state index in [1.165, 1.54) is 7.11 Å². The number of benzene rings is 2. The molecule has 1 N–H and O–H groups in total. The largest absolute Gasteiger partial charge is 0.468 e. The Balaban J connectivity index is 1.73. The predicted octanol–water partition coefficient (Wildman–Crippen LogP) is 5.40. The minimum atomic E-state index is -0.758. The molecule has 3 aromatic rings. The number of aryl methyl sites for hydroxylation is 2. The van der Waals surface area contributed by atoms with Crippen LogP contribution in [0.2, 0.25) is 0 Å². The molecule has 186 valence electrons. The van der Waals surface area contributed by atoms with Crippen LogP contribution in [0, 0.1) is 19.8 Å². The van der Waals surface area contributed by atoms with Crippen molar-refractivity contribution >= 4 is 11.9 Å². The zero-order chi connectivity index (χ0) is 25.4. The number of methoxy groups -OCH3 is 1. The van der Waals surface area contributed by atoms with Gasteiger partial charge < -0.3 is 13.9 Å². The maximum Gasteiger partial charge on any atom is 0.323 e. The Labute approximate surface area is 207 Å². The molecule has 0 amide bonds. The first-order valence-corrected chi connectivity index (χ1v) is 12.0. The highest BCUT2D eigenvalue weighted by atomic mass is 16.5. The number of esters is 2. The Morgan fingerprint density at radius 2 is 1.60 bits per heavy atom. The Kier molecular flexibility index (Phi) is 9.26. The highest BCUT2D eigenvalue weighted by Gasteiger charge is 2.30. The lowest BCUT2D eigenvalue weighted by atomic mass is 10.0. The van der Waals surface area contributed by atoms with Crippen LogP contribution >= 0.6 is 0 Å². The van der Waals surface area contributed by atoms with Gasteiger partial charge in [-0.25, -0.2) is 0 Å². The van der Waals surface area contributed by atoms with Gasteiger partial charge in [0.25, 0.3) is 0 Å². The topological polar surface area (TPSA) is 77.8 Å². The van der Waals surface area contributed by atoms with Crippen LogP contribution < -0.4 is 5.32 Å². The lowest BCUT2D eigenvalue weighted by Crippen LogP contribution is -2.49. The van der Waals surface area contributed by atoms with Gasteiger partial charge in [0.2, 0.25) is 0 Å². The molecule has 0 aliphatic heterocycles. The number of furan rings is 1. The molecule has 2 aromatic carbocycles. The quantitative estimate of drug-likeness (QED) is 0.373. The molecule has 0 saturated carbocycles. The van der Waals surface area contributed by atoms with Gasteiger partial charge >= 0.3 is 11.9 Å². The Hall–Kier alpha value is -3.38. The molecular weight excluding hydrogens is 442 g/mol. The highest BCUT2D eigenvalue weighted by molar-refractivity contribution is 5.80. The van der Waals surface area contributed by atoms with Crippen LogP contribution in [0.15, 0.2) is 65.1 Å². The van der Waals surface area contributed by atoms with Gasteiger partial charge in [0.05, 0.1) is 7.11 Å². The number of nitrogens with one attached hydrogen (secondary N) is 1. The Bertz CT molecular complexity index is 1100. The maximum absolute atomic E-state index is 12.9. The van der Waals surface area contributed by atoms with Crippen molar-refractivity contribution in [2.45, 2.75) is 59.2 Å². The highest BCUT2D eigenvalue weighted by Crippen LogP contribution is 2.25. The normalized spacial score (nSPS) is 12.9. The minimum Gasteiger partial charge on any atom is -0.468 e. The van der Waals surface area contributed by atoms with E-state index in [1.54, 1.807) is 0 Å². The SMILES string of the molecule is COC(=O)C(Cc1ccc(-c2cc(C)cc(C)c2)o1)N[C@@H](CC(C)C)C(=O)OCc1ccccc1. The van der Waals surface area contributed by atoms with Crippen molar-refractivity contribution in [2.24, 2.45) is 5.92 Å². The summed E-state index contributed by atoms with van der Waals surface area (Å²) in [6.45, 7) is 8.31. The number of hydrogen-bond donors (Lipinski definition) is 1. The van der Waals surface area contributed by atoms with Crippen molar-refractivity contribution in [1.29, 1.82) is 0 Å². The number of rotatable bonds is 11. The molecule has 0 aliphatic rings. The summed E-state index contributed by atoms with van der Waals surface area (Å²) < 4.78 is 16.7. The lowest BCUT2D eigenvalue weighted by Gasteiger charge is -2.24. The van der Waals surface area contributed by atoms with Crippen molar-refractivity contribution in [2.75, 3.05) is 7.11 Å². The molecule has 0 spiro atoms. The van der Waals surface area contributed by atoms with Crippen LogP contribution in [0.1, 0.15) is 42.7 Å². The summed E-state index contributed by atoms with van der Waals surface area (Å²) in [4.78, 5) is 25.6. The molecule has 35 heavy (non-hydrogen) atoms. The summed E-state index contributed by atoms with van der Waals surface area (Å²) in [7, 11) is 1.34. The molecule has 0 saturated heterocycles. The maximum atomic E-state index is 12.9. The fourth-order valence-electron chi connectivity index (χ4n) is 4.09. The molecule has 6 heteroatoms. The molecule has 0 bridgehead atoms. The van der Waals surface area contributed by atoms with Crippen molar-refractivity contribution in [1.82, 2.24) is 5.32 Å². The first-order valence-electron chi connectivity index (χ1n) is 12.0. The van der Waals surface area contributed by atoms with Crippen LogP contribution in [0.25, 0.3) is 11.3 Å². The van der Waals surface area contributed by atoms with Gasteiger partial charge in [-0.05, 0) is 56.0 Å². The minimum absolute atomic E-state index is 0.177. The predicted molar refractivity (Wildman–Crippen MR) is 136 cm³/mol. The summed E-state index contributed by atoms with van der Waals surface area (Å²) in [5.41, 5.74) is 4.19.